The first-order valence-electron chi connectivity index (χ1n) is 13.7. The summed E-state index contributed by atoms with van der Waals surface area (Å²) in [4.78, 5) is 27.6. The molecule has 42 heavy (non-hydrogen) atoms. The monoisotopic (exact) mass is 565 g/mol. The highest BCUT2D eigenvalue weighted by atomic mass is 16.5. The van der Waals surface area contributed by atoms with Crippen molar-refractivity contribution in [1.29, 1.82) is 0 Å². The average Bonchev–Trinajstić information content (AvgIpc) is 3.45. The molecule has 0 radical (unpaired) electrons. The zero-order valence-electron chi connectivity index (χ0n) is 23.2. The number of methoxy groups -OCH3 is 1. The molecule has 0 saturated carbocycles. The smallest absolute Gasteiger partial charge is 0.255 e. The van der Waals surface area contributed by atoms with Crippen molar-refractivity contribution in [1.82, 2.24) is 19.9 Å². The molecule has 6 rings (SSSR count). The van der Waals surface area contributed by atoms with Crippen molar-refractivity contribution in [3.8, 4) is 39.9 Å². The van der Waals surface area contributed by atoms with Gasteiger partial charge >= 0.3 is 0 Å². The molecule has 3 heterocycles. The lowest BCUT2D eigenvalue weighted by molar-refractivity contribution is 0.0322. The summed E-state index contributed by atoms with van der Waals surface area (Å²) in [6.45, 7) is 4.72. The van der Waals surface area contributed by atoms with E-state index in [2.05, 4.69) is 25.2 Å². The Hall–Kier alpha value is -4.93. The molecule has 1 saturated heterocycles. The molecule has 1 amide bonds. The molecule has 0 unspecified atom stereocenters. The number of anilines is 1. The van der Waals surface area contributed by atoms with Crippen LogP contribution in [0.15, 0.2) is 79.0 Å². The second-order valence-corrected chi connectivity index (χ2v) is 9.89. The third-order valence-electron chi connectivity index (χ3n) is 7.14. The normalized spacial score (nSPS) is 13.6. The van der Waals surface area contributed by atoms with Crippen LogP contribution in [-0.2, 0) is 4.74 Å². The minimum absolute atomic E-state index is 0.0747. The standard InChI is InChI=1S/C32H31N5O5/c1-40-32-25(6-3-11-33-32)21-8-10-29(38)26(18-21)30-35-27-9-7-22(19-28(27)36-30)31(39)34-23-4-2-5-24(20-23)42-17-14-37-12-15-41-16-13-37/h2-11,18-20,38H,12-17H2,1H3,(H,34,39)(H,35,36). The van der Waals surface area contributed by atoms with Crippen LogP contribution in [0.1, 0.15) is 10.4 Å². The van der Waals surface area contributed by atoms with E-state index in [-0.39, 0.29) is 11.7 Å². The number of hydrogen-bond donors (Lipinski definition) is 3. The Balaban J connectivity index is 1.16. The number of rotatable bonds is 9. The highest BCUT2D eigenvalue weighted by molar-refractivity contribution is 6.06. The lowest BCUT2D eigenvalue weighted by Crippen LogP contribution is -2.38. The van der Waals surface area contributed by atoms with E-state index in [1.165, 1.54) is 0 Å². The van der Waals surface area contributed by atoms with Gasteiger partial charge in [-0.15, -0.1) is 0 Å². The van der Waals surface area contributed by atoms with Gasteiger partial charge in [0.05, 0.1) is 36.9 Å². The lowest BCUT2D eigenvalue weighted by atomic mass is 10.0. The molecule has 214 valence electrons. The van der Waals surface area contributed by atoms with E-state index in [1.54, 1.807) is 43.6 Å². The minimum atomic E-state index is -0.257. The predicted molar refractivity (Wildman–Crippen MR) is 160 cm³/mol. The maximum atomic E-state index is 13.1. The average molecular weight is 566 g/mol. The van der Waals surface area contributed by atoms with Gasteiger partial charge < -0.3 is 29.6 Å². The topological polar surface area (TPSA) is 122 Å². The largest absolute Gasteiger partial charge is 0.507 e. The molecule has 5 aromatic rings. The van der Waals surface area contributed by atoms with Gasteiger partial charge in [-0.25, -0.2) is 9.97 Å². The molecule has 1 fully saturated rings. The molecule has 0 spiro atoms. The van der Waals surface area contributed by atoms with Gasteiger partial charge in [0.2, 0.25) is 5.88 Å². The van der Waals surface area contributed by atoms with Crippen molar-refractivity contribution < 1.29 is 24.1 Å². The number of phenolic OH excluding ortho intramolecular Hbond substituents is 1. The number of nitrogens with zero attached hydrogens (tertiary/aromatic N) is 3. The second-order valence-electron chi connectivity index (χ2n) is 9.89. The van der Waals surface area contributed by atoms with Gasteiger partial charge in [-0.3, -0.25) is 9.69 Å². The Morgan fingerprint density at radius 2 is 1.93 bits per heavy atom. The summed E-state index contributed by atoms with van der Waals surface area (Å²) in [5.74, 6) is 1.48. The predicted octanol–water partition coefficient (Wildman–Crippen LogP) is 4.97. The fourth-order valence-corrected chi connectivity index (χ4v) is 4.93. The van der Waals surface area contributed by atoms with E-state index in [0.717, 1.165) is 44.0 Å². The number of amides is 1. The summed E-state index contributed by atoms with van der Waals surface area (Å²) in [7, 11) is 1.57. The Bertz CT molecular complexity index is 1710. The van der Waals surface area contributed by atoms with Crippen LogP contribution in [-0.4, -0.2) is 77.4 Å². The van der Waals surface area contributed by atoms with E-state index in [9.17, 15) is 9.90 Å². The molecular formula is C32H31N5O5. The molecule has 3 N–H and O–H groups in total. The van der Waals surface area contributed by atoms with Crippen LogP contribution in [0, 0.1) is 0 Å². The number of morpholine rings is 1. The number of fused-ring (bicyclic) bond motifs is 1. The van der Waals surface area contributed by atoms with Crippen molar-refractivity contribution >= 4 is 22.6 Å². The highest BCUT2D eigenvalue weighted by Crippen LogP contribution is 2.35. The Labute approximate surface area is 242 Å². The number of ether oxygens (including phenoxy) is 3. The Morgan fingerprint density at radius 1 is 1.05 bits per heavy atom. The van der Waals surface area contributed by atoms with Gasteiger partial charge in [-0.2, -0.15) is 0 Å². The maximum Gasteiger partial charge on any atom is 0.255 e. The number of phenols is 1. The number of aromatic hydroxyl groups is 1. The van der Waals surface area contributed by atoms with Crippen LogP contribution >= 0.6 is 0 Å². The van der Waals surface area contributed by atoms with Crippen molar-refractivity contribution in [2.45, 2.75) is 0 Å². The minimum Gasteiger partial charge on any atom is -0.507 e. The van der Waals surface area contributed by atoms with E-state index in [0.29, 0.717) is 51.9 Å². The second kappa shape index (κ2) is 12.3. The van der Waals surface area contributed by atoms with Gasteiger partial charge in [0, 0.05) is 48.7 Å². The number of carbonyl (C=O) groups excluding carboxylic acids is 1. The summed E-state index contributed by atoms with van der Waals surface area (Å²) < 4.78 is 16.7. The molecule has 10 heteroatoms. The summed E-state index contributed by atoms with van der Waals surface area (Å²) in [5, 5.41) is 13.6. The van der Waals surface area contributed by atoms with Crippen molar-refractivity contribution in [3.63, 3.8) is 0 Å². The van der Waals surface area contributed by atoms with E-state index >= 15 is 0 Å². The number of benzene rings is 3. The fourth-order valence-electron chi connectivity index (χ4n) is 4.93. The number of aromatic nitrogens is 3. The van der Waals surface area contributed by atoms with Gasteiger partial charge in [0.25, 0.3) is 5.91 Å². The number of aromatic amines is 1. The molecule has 3 aromatic carbocycles. The first-order chi connectivity index (χ1) is 20.6. The van der Waals surface area contributed by atoms with Crippen LogP contribution in [0.2, 0.25) is 0 Å². The number of nitrogens with one attached hydrogen (secondary N) is 2. The molecule has 1 aliphatic heterocycles. The Kier molecular flexibility index (Phi) is 7.98. The maximum absolute atomic E-state index is 13.1. The molecule has 2 aromatic heterocycles. The fraction of sp³-hybridized carbons (Fsp3) is 0.219. The van der Waals surface area contributed by atoms with Gasteiger partial charge in [-0.05, 0) is 60.2 Å². The molecule has 0 bridgehead atoms. The summed E-state index contributed by atoms with van der Waals surface area (Å²) in [5.41, 5.74) is 4.58. The van der Waals surface area contributed by atoms with Crippen LogP contribution in [0.25, 0.3) is 33.5 Å². The summed E-state index contributed by atoms with van der Waals surface area (Å²) in [6.07, 6.45) is 1.66. The number of hydrogen-bond acceptors (Lipinski definition) is 8. The molecule has 0 aliphatic carbocycles. The zero-order valence-corrected chi connectivity index (χ0v) is 23.2. The van der Waals surface area contributed by atoms with Crippen molar-refractivity contribution in [2.24, 2.45) is 0 Å². The van der Waals surface area contributed by atoms with Crippen LogP contribution in [0.4, 0.5) is 5.69 Å². The zero-order chi connectivity index (χ0) is 28.9. The number of pyridine rings is 1. The first-order valence-corrected chi connectivity index (χ1v) is 13.7. The third kappa shape index (κ3) is 6.04. The van der Waals surface area contributed by atoms with E-state index < -0.39 is 0 Å². The SMILES string of the molecule is COc1ncccc1-c1ccc(O)c(-c2nc3ccc(C(=O)Nc4cccc(OCCN5CCOCC5)c4)cc3[nH]2)c1. The molecule has 10 nitrogen and oxygen atoms in total. The van der Waals surface area contributed by atoms with Gasteiger partial charge in [0.1, 0.15) is 23.9 Å². The van der Waals surface area contributed by atoms with Crippen LogP contribution < -0.4 is 14.8 Å². The summed E-state index contributed by atoms with van der Waals surface area (Å²) >= 11 is 0. The quantitative estimate of drug-likeness (QED) is 0.229. The van der Waals surface area contributed by atoms with Crippen LogP contribution in [0.5, 0.6) is 17.4 Å². The highest BCUT2D eigenvalue weighted by Gasteiger charge is 2.16. The first kappa shape index (κ1) is 27.3. The number of carbonyl (C=O) groups is 1. The van der Waals surface area contributed by atoms with Crippen molar-refractivity contribution in [3.05, 3.63) is 84.6 Å². The Morgan fingerprint density at radius 3 is 2.79 bits per heavy atom. The third-order valence-corrected chi connectivity index (χ3v) is 7.14. The number of imidazole rings is 1. The molecule has 1 aliphatic rings. The van der Waals surface area contributed by atoms with Gasteiger partial charge in [-0.1, -0.05) is 12.1 Å². The molecule has 0 atom stereocenters. The summed E-state index contributed by atoms with van der Waals surface area (Å²) in [6, 6.07) is 21.6. The van der Waals surface area contributed by atoms with Crippen molar-refractivity contribution in [2.75, 3.05) is 51.9 Å². The van der Waals surface area contributed by atoms with E-state index in [4.69, 9.17) is 14.2 Å². The number of H-pyrrole nitrogens is 1. The van der Waals surface area contributed by atoms with E-state index in [1.807, 2.05) is 42.5 Å². The molecular weight excluding hydrogens is 534 g/mol. The van der Waals surface area contributed by atoms with Crippen LogP contribution in [0.3, 0.4) is 0 Å². The lowest BCUT2D eigenvalue weighted by Gasteiger charge is -2.26. The van der Waals surface area contributed by atoms with Gasteiger partial charge in [0.15, 0.2) is 0 Å².